The Bertz CT molecular complexity index is 624. The molecule has 0 bridgehead atoms. The average Bonchev–Trinajstić information content (AvgIpc) is 3.00. The van der Waals surface area contributed by atoms with Crippen molar-refractivity contribution in [1.82, 2.24) is 15.5 Å². The highest BCUT2D eigenvalue weighted by atomic mass is 35.5. The van der Waals surface area contributed by atoms with E-state index in [0.29, 0.717) is 22.7 Å². The summed E-state index contributed by atoms with van der Waals surface area (Å²) in [5, 5.41) is 11.3. The minimum absolute atomic E-state index is 0.0590. The first-order valence-electron chi connectivity index (χ1n) is 6.49. The summed E-state index contributed by atoms with van der Waals surface area (Å²) in [6.45, 7) is 2.33. The van der Waals surface area contributed by atoms with Crippen molar-refractivity contribution in [2.45, 2.75) is 19.9 Å². The van der Waals surface area contributed by atoms with Crippen molar-refractivity contribution in [3.05, 3.63) is 35.2 Å². The maximum absolute atomic E-state index is 11.7. The van der Waals surface area contributed by atoms with Crippen LogP contribution in [0.2, 0.25) is 5.02 Å². The smallest absolute Gasteiger partial charge is 0.247 e. The summed E-state index contributed by atoms with van der Waals surface area (Å²) < 4.78 is 5.51. The van der Waals surface area contributed by atoms with E-state index in [9.17, 15) is 4.79 Å². The molecule has 1 aliphatic rings. The van der Waals surface area contributed by atoms with Crippen LogP contribution in [0.25, 0.3) is 11.5 Å². The van der Waals surface area contributed by atoms with Crippen molar-refractivity contribution in [1.29, 1.82) is 0 Å². The molecule has 1 aromatic heterocycles. The lowest BCUT2D eigenvalue weighted by Gasteiger charge is -2.00. The van der Waals surface area contributed by atoms with Gasteiger partial charge >= 0.3 is 0 Å². The molecular formula is C14H14ClN3O2. The zero-order chi connectivity index (χ0) is 14.1. The van der Waals surface area contributed by atoms with Gasteiger partial charge in [0.25, 0.3) is 0 Å². The predicted octanol–water partition coefficient (Wildman–Crippen LogP) is 2.66. The Hall–Kier alpha value is -1.88. The molecule has 0 radical (unpaired) electrons. The molecule has 0 unspecified atom stereocenters. The highest BCUT2D eigenvalue weighted by Crippen LogP contribution is 2.37. The number of carbonyl (C=O) groups excluding carboxylic acids is 1. The van der Waals surface area contributed by atoms with Gasteiger partial charge in [-0.15, -0.1) is 10.2 Å². The molecule has 1 saturated carbocycles. The van der Waals surface area contributed by atoms with E-state index in [0.717, 1.165) is 12.0 Å². The minimum Gasteiger partial charge on any atom is -0.419 e. The van der Waals surface area contributed by atoms with E-state index in [1.807, 2.05) is 12.1 Å². The van der Waals surface area contributed by atoms with E-state index in [1.165, 1.54) is 0 Å². The molecule has 0 spiro atoms. The summed E-state index contributed by atoms with van der Waals surface area (Å²) in [4.78, 5) is 11.7. The van der Waals surface area contributed by atoms with Gasteiger partial charge in [0.15, 0.2) is 0 Å². The number of hydrogen-bond acceptors (Lipinski definition) is 4. The number of nitrogens with one attached hydrogen (secondary N) is 1. The molecule has 6 heteroatoms. The number of nitrogens with zero attached hydrogens (tertiary/aromatic N) is 2. The second-order valence-corrected chi connectivity index (χ2v) is 5.48. The van der Waals surface area contributed by atoms with Gasteiger partial charge < -0.3 is 9.73 Å². The molecule has 3 rings (SSSR count). The van der Waals surface area contributed by atoms with Gasteiger partial charge in [0.1, 0.15) is 0 Å². The van der Waals surface area contributed by atoms with Gasteiger partial charge in [0.05, 0.1) is 6.54 Å². The van der Waals surface area contributed by atoms with Crippen LogP contribution in [0.15, 0.2) is 28.7 Å². The third kappa shape index (κ3) is 2.82. The second-order valence-electron chi connectivity index (χ2n) is 5.05. The van der Waals surface area contributed by atoms with E-state index in [1.54, 1.807) is 12.1 Å². The van der Waals surface area contributed by atoms with Crippen molar-refractivity contribution in [2.75, 3.05) is 0 Å². The normalized spacial score (nSPS) is 20.7. The molecule has 0 aliphatic heterocycles. The fraction of sp³-hybridized carbons (Fsp3) is 0.357. The number of benzene rings is 1. The Morgan fingerprint density at radius 2 is 2.10 bits per heavy atom. The monoisotopic (exact) mass is 291 g/mol. The van der Waals surface area contributed by atoms with E-state index >= 15 is 0 Å². The summed E-state index contributed by atoms with van der Waals surface area (Å²) in [5.41, 5.74) is 0.801. The molecule has 1 fully saturated rings. The van der Waals surface area contributed by atoms with E-state index < -0.39 is 0 Å². The predicted molar refractivity (Wildman–Crippen MR) is 73.9 cm³/mol. The van der Waals surface area contributed by atoms with Crippen LogP contribution in [0.1, 0.15) is 19.2 Å². The molecule has 0 saturated heterocycles. The van der Waals surface area contributed by atoms with Crippen LogP contribution in [0.5, 0.6) is 0 Å². The lowest BCUT2D eigenvalue weighted by molar-refractivity contribution is -0.122. The molecule has 2 aromatic rings. The lowest BCUT2D eigenvalue weighted by Crippen LogP contribution is -2.24. The molecule has 104 valence electrons. The van der Waals surface area contributed by atoms with Crippen LogP contribution in [0.3, 0.4) is 0 Å². The third-order valence-electron chi connectivity index (χ3n) is 3.42. The quantitative estimate of drug-likeness (QED) is 0.940. The Morgan fingerprint density at radius 3 is 2.75 bits per heavy atom. The largest absolute Gasteiger partial charge is 0.419 e. The highest BCUT2D eigenvalue weighted by Gasteiger charge is 2.38. The minimum atomic E-state index is 0.0590. The van der Waals surface area contributed by atoms with E-state index in [2.05, 4.69) is 22.4 Å². The molecule has 1 aliphatic carbocycles. The summed E-state index contributed by atoms with van der Waals surface area (Å²) in [5.74, 6) is 1.52. The molecule has 5 nitrogen and oxygen atoms in total. The number of aromatic nitrogens is 2. The van der Waals surface area contributed by atoms with Crippen LogP contribution < -0.4 is 5.32 Å². The van der Waals surface area contributed by atoms with Crippen molar-refractivity contribution in [2.24, 2.45) is 11.8 Å². The number of rotatable bonds is 4. The van der Waals surface area contributed by atoms with Gasteiger partial charge in [0.2, 0.25) is 17.7 Å². The Morgan fingerprint density at radius 1 is 1.40 bits per heavy atom. The Labute approximate surface area is 121 Å². The molecule has 1 N–H and O–H groups in total. The van der Waals surface area contributed by atoms with Crippen molar-refractivity contribution >= 4 is 17.5 Å². The number of carbonyl (C=O) groups is 1. The zero-order valence-corrected chi connectivity index (χ0v) is 11.7. The highest BCUT2D eigenvalue weighted by molar-refractivity contribution is 6.30. The van der Waals surface area contributed by atoms with Crippen LogP contribution in [-0.4, -0.2) is 16.1 Å². The molecule has 1 aromatic carbocycles. The fourth-order valence-electron chi connectivity index (χ4n) is 2.02. The first kappa shape index (κ1) is 13.1. The number of halogens is 1. The lowest BCUT2D eigenvalue weighted by atomic mass is 10.2. The standard InChI is InChI=1S/C14H14ClN3O2/c1-8-6-11(8)13(19)16-7-12-17-18-14(20-12)9-2-4-10(15)5-3-9/h2-5,8,11H,6-7H2,1H3,(H,16,19)/t8-,11-/m0/s1. The average molecular weight is 292 g/mol. The summed E-state index contributed by atoms with van der Waals surface area (Å²) in [6, 6.07) is 7.14. The topological polar surface area (TPSA) is 68.0 Å². The third-order valence-corrected chi connectivity index (χ3v) is 3.67. The van der Waals surface area contributed by atoms with Crippen LogP contribution in [0.4, 0.5) is 0 Å². The van der Waals surface area contributed by atoms with Gasteiger partial charge in [0, 0.05) is 16.5 Å². The van der Waals surface area contributed by atoms with Crippen molar-refractivity contribution in [3.63, 3.8) is 0 Å². The Balaban J connectivity index is 1.62. The summed E-state index contributed by atoms with van der Waals surface area (Å²) in [6.07, 6.45) is 0.964. The van der Waals surface area contributed by atoms with Crippen LogP contribution in [-0.2, 0) is 11.3 Å². The fourth-order valence-corrected chi connectivity index (χ4v) is 2.14. The van der Waals surface area contributed by atoms with E-state index in [-0.39, 0.29) is 18.4 Å². The van der Waals surface area contributed by atoms with E-state index in [4.69, 9.17) is 16.0 Å². The number of amides is 1. The maximum atomic E-state index is 11.7. The zero-order valence-electron chi connectivity index (χ0n) is 11.0. The van der Waals surface area contributed by atoms with Crippen molar-refractivity contribution < 1.29 is 9.21 Å². The SMILES string of the molecule is C[C@H]1C[C@@H]1C(=O)NCc1nnc(-c2ccc(Cl)cc2)o1. The van der Waals surface area contributed by atoms with Gasteiger partial charge in [-0.05, 0) is 36.6 Å². The molecule has 2 atom stereocenters. The van der Waals surface area contributed by atoms with Gasteiger partial charge in [-0.2, -0.15) is 0 Å². The molecule has 1 heterocycles. The first-order valence-corrected chi connectivity index (χ1v) is 6.87. The van der Waals surface area contributed by atoms with Crippen LogP contribution in [0, 0.1) is 11.8 Å². The summed E-state index contributed by atoms with van der Waals surface area (Å²) >= 11 is 5.82. The molecule has 1 amide bonds. The molecule has 20 heavy (non-hydrogen) atoms. The molecular weight excluding hydrogens is 278 g/mol. The van der Waals surface area contributed by atoms with Gasteiger partial charge in [-0.3, -0.25) is 4.79 Å². The van der Waals surface area contributed by atoms with Gasteiger partial charge in [-0.25, -0.2) is 0 Å². The van der Waals surface area contributed by atoms with Crippen molar-refractivity contribution in [3.8, 4) is 11.5 Å². The van der Waals surface area contributed by atoms with Gasteiger partial charge in [-0.1, -0.05) is 18.5 Å². The second kappa shape index (κ2) is 5.25. The van der Waals surface area contributed by atoms with Crippen LogP contribution >= 0.6 is 11.6 Å². The summed E-state index contributed by atoms with van der Waals surface area (Å²) in [7, 11) is 0. The first-order chi connectivity index (χ1) is 9.63. The maximum Gasteiger partial charge on any atom is 0.247 e. The Kier molecular flexibility index (Phi) is 3.44. The number of hydrogen-bond donors (Lipinski definition) is 1.